The lowest BCUT2D eigenvalue weighted by Gasteiger charge is -2.33. The third-order valence-electron chi connectivity index (χ3n) is 3.90. The molecule has 1 saturated carbocycles. The van der Waals surface area contributed by atoms with Gasteiger partial charge in [-0.15, -0.1) is 0 Å². The van der Waals surface area contributed by atoms with Crippen LogP contribution in [0.3, 0.4) is 0 Å². The van der Waals surface area contributed by atoms with Crippen LogP contribution >= 0.6 is 0 Å². The molecule has 0 spiro atoms. The summed E-state index contributed by atoms with van der Waals surface area (Å²) >= 11 is 0. The van der Waals surface area contributed by atoms with Gasteiger partial charge >= 0.3 is 5.97 Å². The monoisotopic (exact) mass is 281 g/mol. The van der Waals surface area contributed by atoms with Crippen LogP contribution in [0.4, 0.5) is 0 Å². The molecule has 2 rings (SSSR count). The number of furan rings is 1. The van der Waals surface area contributed by atoms with Gasteiger partial charge in [-0.2, -0.15) is 0 Å². The molecule has 110 valence electrons. The Labute approximate surface area is 117 Å². The quantitative estimate of drug-likeness (QED) is 0.913. The fourth-order valence-electron chi connectivity index (χ4n) is 2.57. The van der Waals surface area contributed by atoms with Crippen molar-refractivity contribution in [1.29, 1.82) is 0 Å². The fraction of sp³-hybridized carbons (Fsp3) is 0.571. The van der Waals surface area contributed by atoms with Crippen molar-refractivity contribution in [3.05, 3.63) is 23.7 Å². The van der Waals surface area contributed by atoms with E-state index in [4.69, 9.17) is 14.3 Å². The van der Waals surface area contributed by atoms with Crippen LogP contribution in [0.15, 0.2) is 16.7 Å². The molecule has 0 bridgehead atoms. The van der Waals surface area contributed by atoms with Crippen molar-refractivity contribution < 1.29 is 23.8 Å². The summed E-state index contributed by atoms with van der Waals surface area (Å²) in [4.78, 5) is 24.7. The second kappa shape index (κ2) is 6.09. The van der Waals surface area contributed by atoms with E-state index in [2.05, 4.69) is 0 Å². The lowest BCUT2D eigenvalue weighted by molar-refractivity contribution is 0.0372. The number of carboxylic acid groups (broad SMARTS) is 1. The minimum Gasteiger partial charge on any atom is -0.478 e. The van der Waals surface area contributed by atoms with Gasteiger partial charge in [0.05, 0.1) is 11.7 Å². The van der Waals surface area contributed by atoms with Crippen molar-refractivity contribution >= 4 is 11.9 Å². The van der Waals surface area contributed by atoms with Crippen molar-refractivity contribution in [3.8, 4) is 0 Å². The molecule has 0 saturated heterocycles. The molecule has 1 heterocycles. The fourth-order valence-corrected chi connectivity index (χ4v) is 2.57. The molecular weight excluding hydrogens is 262 g/mol. The van der Waals surface area contributed by atoms with Gasteiger partial charge in [0, 0.05) is 26.3 Å². The number of hydrogen-bond acceptors (Lipinski definition) is 4. The highest BCUT2D eigenvalue weighted by molar-refractivity contribution is 5.95. The van der Waals surface area contributed by atoms with Gasteiger partial charge in [-0.25, -0.2) is 4.79 Å². The van der Waals surface area contributed by atoms with E-state index in [1.165, 1.54) is 6.07 Å². The number of methoxy groups -OCH3 is 1. The van der Waals surface area contributed by atoms with E-state index < -0.39 is 5.97 Å². The summed E-state index contributed by atoms with van der Waals surface area (Å²) < 4.78 is 10.4. The van der Waals surface area contributed by atoms with E-state index in [0.717, 1.165) is 31.9 Å². The summed E-state index contributed by atoms with van der Waals surface area (Å²) in [6.45, 7) is 0. The van der Waals surface area contributed by atoms with Crippen LogP contribution in [0, 0.1) is 0 Å². The molecule has 1 fully saturated rings. The Morgan fingerprint density at radius 2 is 2.00 bits per heavy atom. The molecule has 1 aromatic rings. The van der Waals surface area contributed by atoms with Crippen molar-refractivity contribution in [2.45, 2.75) is 37.8 Å². The predicted octanol–water partition coefficient (Wildman–Crippen LogP) is 2.01. The van der Waals surface area contributed by atoms with Crippen molar-refractivity contribution in [2.24, 2.45) is 0 Å². The molecular formula is C14H19NO5. The van der Waals surface area contributed by atoms with Gasteiger partial charge in [-0.1, -0.05) is 0 Å². The average Bonchev–Trinajstić information content (AvgIpc) is 2.96. The highest BCUT2D eigenvalue weighted by Crippen LogP contribution is 2.25. The Morgan fingerprint density at radius 1 is 1.35 bits per heavy atom. The number of amides is 1. The van der Waals surface area contributed by atoms with Crippen LogP contribution in [0.2, 0.25) is 0 Å². The van der Waals surface area contributed by atoms with Crippen LogP contribution in [0.25, 0.3) is 0 Å². The van der Waals surface area contributed by atoms with Gasteiger partial charge in [0.25, 0.3) is 5.91 Å². The van der Waals surface area contributed by atoms with E-state index in [1.54, 1.807) is 19.1 Å². The molecule has 6 heteroatoms. The second-order valence-electron chi connectivity index (χ2n) is 5.09. The van der Waals surface area contributed by atoms with Gasteiger partial charge in [0.1, 0.15) is 6.26 Å². The Kier molecular flexibility index (Phi) is 4.44. The van der Waals surface area contributed by atoms with E-state index in [9.17, 15) is 9.59 Å². The molecule has 0 unspecified atom stereocenters. The number of carbonyl (C=O) groups excluding carboxylic acids is 1. The van der Waals surface area contributed by atoms with E-state index in [1.807, 2.05) is 0 Å². The topological polar surface area (TPSA) is 80.0 Å². The van der Waals surface area contributed by atoms with Crippen molar-refractivity contribution in [3.63, 3.8) is 0 Å². The summed E-state index contributed by atoms with van der Waals surface area (Å²) in [6.07, 6.45) is 4.98. The SMILES string of the molecule is COC1CCC(N(C)C(=O)c2cc(C(=O)O)co2)CC1. The lowest BCUT2D eigenvalue weighted by atomic mass is 9.92. The van der Waals surface area contributed by atoms with Gasteiger partial charge in [-0.3, -0.25) is 4.79 Å². The first-order valence-corrected chi connectivity index (χ1v) is 6.64. The lowest BCUT2D eigenvalue weighted by Crippen LogP contribution is -2.40. The van der Waals surface area contributed by atoms with E-state index >= 15 is 0 Å². The minimum atomic E-state index is -1.10. The van der Waals surface area contributed by atoms with Gasteiger partial charge in [0.15, 0.2) is 5.76 Å². The van der Waals surface area contributed by atoms with Gasteiger partial charge in [0.2, 0.25) is 0 Å². The molecule has 1 amide bonds. The number of nitrogens with zero attached hydrogens (tertiary/aromatic N) is 1. The van der Waals surface area contributed by atoms with Gasteiger partial charge in [-0.05, 0) is 25.7 Å². The Balaban J connectivity index is 1.99. The van der Waals surface area contributed by atoms with Crippen LogP contribution in [-0.4, -0.2) is 48.2 Å². The molecule has 1 aromatic heterocycles. The summed E-state index contributed by atoms with van der Waals surface area (Å²) in [6, 6.07) is 1.41. The zero-order valence-electron chi connectivity index (χ0n) is 11.7. The maximum absolute atomic E-state index is 12.2. The number of carboxylic acids is 1. The van der Waals surface area contributed by atoms with Crippen molar-refractivity contribution in [2.75, 3.05) is 14.2 Å². The van der Waals surface area contributed by atoms with E-state index in [-0.39, 0.29) is 29.4 Å². The maximum atomic E-state index is 12.2. The zero-order chi connectivity index (χ0) is 14.7. The summed E-state index contributed by atoms with van der Waals surface area (Å²) in [5, 5.41) is 8.82. The summed E-state index contributed by atoms with van der Waals surface area (Å²) in [5.41, 5.74) is -0.00941. The van der Waals surface area contributed by atoms with Crippen LogP contribution in [0.1, 0.15) is 46.6 Å². The first kappa shape index (κ1) is 14.6. The number of rotatable bonds is 4. The normalized spacial score (nSPS) is 22.5. The predicted molar refractivity (Wildman–Crippen MR) is 70.8 cm³/mol. The standard InChI is InChI=1S/C14H19NO5/c1-15(10-3-5-11(19-2)6-4-10)13(16)12-7-9(8-20-12)14(17)18/h7-8,10-11H,3-6H2,1-2H3,(H,17,18). The highest BCUT2D eigenvalue weighted by Gasteiger charge is 2.28. The van der Waals surface area contributed by atoms with Crippen LogP contribution in [0.5, 0.6) is 0 Å². The Bertz CT molecular complexity index is 488. The van der Waals surface area contributed by atoms with E-state index in [0.29, 0.717) is 0 Å². The van der Waals surface area contributed by atoms with Crippen LogP contribution in [-0.2, 0) is 4.74 Å². The van der Waals surface area contributed by atoms with Crippen LogP contribution < -0.4 is 0 Å². The molecule has 1 N–H and O–H groups in total. The smallest absolute Gasteiger partial charge is 0.338 e. The number of aromatic carboxylic acids is 1. The third-order valence-corrected chi connectivity index (χ3v) is 3.90. The second-order valence-corrected chi connectivity index (χ2v) is 5.09. The van der Waals surface area contributed by atoms with Crippen molar-refractivity contribution in [1.82, 2.24) is 4.90 Å². The molecule has 1 aliphatic rings. The Morgan fingerprint density at radius 3 is 2.50 bits per heavy atom. The molecule has 0 aliphatic heterocycles. The summed E-state index contributed by atoms with van der Waals surface area (Å²) in [7, 11) is 3.43. The van der Waals surface area contributed by atoms with Gasteiger partial charge < -0.3 is 19.2 Å². The molecule has 20 heavy (non-hydrogen) atoms. The Hall–Kier alpha value is -1.82. The number of ether oxygens (including phenoxy) is 1. The number of hydrogen-bond donors (Lipinski definition) is 1. The number of carbonyl (C=O) groups is 2. The largest absolute Gasteiger partial charge is 0.478 e. The molecule has 0 atom stereocenters. The highest BCUT2D eigenvalue weighted by atomic mass is 16.5. The molecule has 0 aromatic carbocycles. The first-order chi connectivity index (χ1) is 9.52. The average molecular weight is 281 g/mol. The third kappa shape index (κ3) is 3.01. The molecule has 1 aliphatic carbocycles. The summed E-state index contributed by atoms with van der Waals surface area (Å²) in [5.74, 6) is -1.31. The maximum Gasteiger partial charge on any atom is 0.338 e. The minimum absolute atomic E-state index is 0.00941. The molecule has 6 nitrogen and oxygen atoms in total. The molecule has 0 radical (unpaired) electrons. The zero-order valence-corrected chi connectivity index (χ0v) is 11.7. The first-order valence-electron chi connectivity index (χ1n) is 6.64.